The first-order valence-electron chi connectivity index (χ1n) is 13.1. The molecule has 2 heterocycles. The summed E-state index contributed by atoms with van der Waals surface area (Å²) in [4.78, 5) is 53.0. The number of carboxylic acid groups (broad SMARTS) is 1. The van der Waals surface area contributed by atoms with Crippen molar-refractivity contribution in [3.8, 4) is 6.07 Å². The third-order valence-corrected chi connectivity index (χ3v) is 8.46. The van der Waals surface area contributed by atoms with Crippen LogP contribution in [0.4, 0.5) is 15.5 Å². The highest BCUT2D eigenvalue weighted by atomic mass is 32.2. The highest BCUT2D eigenvalue weighted by Crippen LogP contribution is 2.37. The van der Waals surface area contributed by atoms with Crippen LogP contribution in [0.15, 0.2) is 53.4 Å². The summed E-state index contributed by atoms with van der Waals surface area (Å²) in [5, 5.41) is 24.7. The molecule has 1 unspecified atom stereocenters. The smallest absolute Gasteiger partial charge is 0.410 e. The van der Waals surface area contributed by atoms with Crippen LogP contribution in [0.5, 0.6) is 0 Å². The minimum Gasteiger partial charge on any atom is -0.478 e. The average Bonchev–Trinajstić information content (AvgIpc) is 3.28. The number of thioether (sulfide) groups is 1. The van der Waals surface area contributed by atoms with Gasteiger partial charge in [-0.1, -0.05) is 18.2 Å². The number of carboxylic acids is 1. The number of nitrogens with one attached hydrogen (secondary N) is 2. The van der Waals surface area contributed by atoms with E-state index in [-0.39, 0.29) is 17.0 Å². The van der Waals surface area contributed by atoms with Crippen molar-refractivity contribution in [3.05, 3.63) is 75.7 Å². The van der Waals surface area contributed by atoms with Gasteiger partial charge in [-0.15, -0.1) is 23.1 Å². The first-order valence-corrected chi connectivity index (χ1v) is 14.8. The number of amides is 3. The van der Waals surface area contributed by atoms with Gasteiger partial charge in [0.2, 0.25) is 5.91 Å². The number of fused-ring (bicyclic) bond motifs is 1. The van der Waals surface area contributed by atoms with Crippen LogP contribution < -0.4 is 10.6 Å². The molecule has 0 aliphatic carbocycles. The monoisotopic (exact) mass is 606 g/mol. The Morgan fingerprint density at radius 1 is 1.10 bits per heavy atom. The average molecular weight is 607 g/mol. The van der Waals surface area contributed by atoms with Crippen LogP contribution in [-0.4, -0.2) is 51.3 Å². The second-order valence-corrected chi connectivity index (χ2v) is 13.1. The number of nitriles is 1. The minimum absolute atomic E-state index is 0.0389. The number of aromatic carboxylic acids is 1. The maximum Gasteiger partial charge on any atom is 0.410 e. The number of rotatable bonds is 7. The van der Waals surface area contributed by atoms with E-state index in [9.17, 15) is 29.5 Å². The van der Waals surface area contributed by atoms with E-state index in [0.717, 1.165) is 10.4 Å². The standard InChI is InChI=1S/C30H30N4O6S2/c1-17(41-19-9-7-8-18(14-19)32-26(36)21-10-5-6-11-22(21)28(37)38)25(35)33-27-23(15-31)20-12-13-34(16-24(20)42-27)29(39)40-30(2,3)4/h5-11,14,17H,12-13,16H2,1-4H3,(H,32,36)(H,33,35)(H,37,38). The summed E-state index contributed by atoms with van der Waals surface area (Å²) in [5.41, 5.74) is 1.02. The van der Waals surface area contributed by atoms with Crippen LogP contribution in [-0.2, 0) is 22.5 Å². The largest absolute Gasteiger partial charge is 0.478 e. The van der Waals surface area contributed by atoms with E-state index in [0.29, 0.717) is 40.7 Å². The zero-order valence-corrected chi connectivity index (χ0v) is 25.1. The van der Waals surface area contributed by atoms with Gasteiger partial charge < -0.3 is 25.4 Å². The minimum atomic E-state index is -1.20. The number of anilines is 2. The molecule has 0 bridgehead atoms. The molecule has 218 valence electrons. The van der Waals surface area contributed by atoms with Crippen molar-refractivity contribution < 1.29 is 29.0 Å². The Kier molecular flexibility index (Phi) is 9.23. The van der Waals surface area contributed by atoms with Gasteiger partial charge in [0, 0.05) is 22.0 Å². The van der Waals surface area contributed by atoms with Crippen LogP contribution in [0.2, 0.25) is 0 Å². The molecule has 1 aromatic heterocycles. The molecule has 3 aromatic rings. The first kappa shape index (κ1) is 30.6. The number of hydrogen-bond donors (Lipinski definition) is 3. The summed E-state index contributed by atoms with van der Waals surface area (Å²) in [5.74, 6) is -2.06. The molecule has 42 heavy (non-hydrogen) atoms. The van der Waals surface area contributed by atoms with E-state index >= 15 is 0 Å². The molecule has 3 amide bonds. The molecule has 0 radical (unpaired) electrons. The molecular formula is C30H30N4O6S2. The van der Waals surface area contributed by atoms with Crippen LogP contribution in [0.1, 0.15) is 64.4 Å². The number of thiophene rings is 1. The molecule has 12 heteroatoms. The molecule has 0 spiro atoms. The predicted molar refractivity (Wildman–Crippen MR) is 161 cm³/mol. The summed E-state index contributed by atoms with van der Waals surface area (Å²) in [7, 11) is 0. The highest BCUT2D eigenvalue weighted by Gasteiger charge is 2.30. The Morgan fingerprint density at radius 2 is 1.81 bits per heavy atom. The van der Waals surface area contributed by atoms with Crippen LogP contribution >= 0.6 is 23.1 Å². The van der Waals surface area contributed by atoms with Gasteiger partial charge >= 0.3 is 12.1 Å². The SMILES string of the molecule is CC(Sc1cccc(NC(=O)c2ccccc2C(=O)O)c1)C(=O)Nc1sc2c(c1C#N)CCN(C(=O)OC(C)(C)C)C2. The van der Waals surface area contributed by atoms with Crippen molar-refractivity contribution in [2.24, 2.45) is 0 Å². The third-order valence-electron chi connectivity index (χ3n) is 6.23. The predicted octanol–water partition coefficient (Wildman–Crippen LogP) is 5.98. The fraction of sp³-hybridized carbons (Fsp3) is 0.300. The fourth-order valence-electron chi connectivity index (χ4n) is 4.28. The summed E-state index contributed by atoms with van der Waals surface area (Å²) in [6.07, 6.45) is 0.0732. The lowest BCUT2D eigenvalue weighted by molar-refractivity contribution is -0.115. The lowest BCUT2D eigenvalue weighted by atomic mass is 10.0. The summed E-state index contributed by atoms with van der Waals surface area (Å²) >= 11 is 2.55. The molecular weight excluding hydrogens is 576 g/mol. The van der Waals surface area contributed by atoms with Crippen molar-refractivity contribution in [1.29, 1.82) is 5.26 Å². The molecule has 1 aliphatic heterocycles. The second-order valence-electron chi connectivity index (χ2n) is 10.6. The van der Waals surface area contributed by atoms with Crippen LogP contribution in [0.3, 0.4) is 0 Å². The molecule has 1 atom stereocenters. The normalized spacial score (nSPS) is 13.4. The molecule has 2 aromatic carbocycles. The molecule has 10 nitrogen and oxygen atoms in total. The quantitative estimate of drug-likeness (QED) is 0.278. The van der Waals surface area contributed by atoms with E-state index in [1.54, 1.807) is 69.0 Å². The van der Waals surface area contributed by atoms with E-state index in [4.69, 9.17) is 4.74 Å². The lowest BCUT2D eigenvalue weighted by Gasteiger charge is -2.29. The van der Waals surface area contributed by atoms with Crippen molar-refractivity contribution in [3.63, 3.8) is 0 Å². The summed E-state index contributed by atoms with van der Waals surface area (Å²) in [6.45, 7) is 7.87. The first-order chi connectivity index (χ1) is 19.9. The number of ether oxygens (including phenoxy) is 1. The number of benzene rings is 2. The molecule has 0 saturated heterocycles. The second kappa shape index (κ2) is 12.7. The summed E-state index contributed by atoms with van der Waals surface area (Å²) < 4.78 is 5.48. The lowest BCUT2D eigenvalue weighted by Crippen LogP contribution is -2.39. The van der Waals surface area contributed by atoms with E-state index < -0.39 is 28.8 Å². The summed E-state index contributed by atoms with van der Waals surface area (Å²) in [6, 6.07) is 15.0. The molecule has 1 aliphatic rings. The number of hydrogen-bond acceptors (Lipinski definition) is 8. The molecule has 0 saturated carbocycles. The number of carbonyl (C=O) groups is 4. The van der Waals surface area contributed by atoms with Crippen LogP contribution in [0.25, 0.3) is 0 Å². The van der Waals surface area contributed by atoms with E-state index in [2.05, 4.69) is 16.7 Å². The van der Waals surface area contributed by atoms with Gasteiger partial charge in [0.15, 0.2) is 0 Å². The van der Waals surface area contributed by atoms with Gasteiger partial charge in [-0.25, -0.2) is 9.59 Å². The molecule has 0 fully saturated rings. The number of nitrogens with zero attached hydrogens (tertiary/aromatic N) is 2. The van der Waals surface area contributed by atoms with Gasteiger partial charge in [-0.05, 0) is 70.0 Å². The zero-order chi connectivity index (χ0) is 30.6. The Labute approximate surface area is 251 Å². The zero-order valence-electron chi connectivity index (χ0n) is 23.5. The molecule has 3 N–H and O–H groups in total. The Bertz CT molecular complexity index is 1590. The van der Waals surface area contributed by atoms with Gasteiger partial charge in [-0.3, -0.25) is 9.59 Å². The Balaban J connectivity index is 1.41. The van der Waals surface area contributed by atoms with Crippen LogP contribution in [0, 0.1) is 11.3 Å². The topological polar surface area (TPSA) is 149 Å². The maximum absolute atomic E-state index is 13.1. The van der Waals surface area contributed by atoms with Gasteiger partial charge in [0.05, 0.1) is 28.5 Å². The third kappa shape index (κ3) is 7.29. The molecule has 4 rings (SSSR count). The van der Waals surface area contributed by atoms with Crippen molar-refractivity contribution >= 4 is 57.7 Å². The van der Waals surface area contributed by atoms with Gasteiger partial charge in [-0.2, -0.15) is 5.26 Å². The van der Waals surface area contributed by atoms with Crippen molar-refractivity contribution in [2.45, 2.75) is 56.4 Å². The van der Waals surface area contributed by atoms with Gasteiger partial charge in [0.1, 0.15) is 16.7 Å². The highest BCUT2D eigenvalue weighted by molar-refractivity contribution is 8.00. The Hall–Kier alpha value is -4.34. The number of carbonyl (C=O) groups excluding carboxylic acids is 3. The van der Waals surface area contributed by atoms with Crippen molar-refractivity contribution in [1.82, 2.24) is 4.90 Å². The Morgan fingerprint density at radius 3 is 2.48 bits per heavy atom. The van der Waals surface area contributed by atoms with Crippen molar-refractivity contribution in [2.75, 3.05) is 17.2 Å². The van der Waals surface area contributed by atoms with Gasteiger partial charge in [0.25, 0.3) is 5.91 Å². The van der Waals surface area contributed by atoms with E-state index in [1.165, 1.54) is 35.2 Å². The fourth-order valence-corrected chi connectivity index (χ4v) is 6.42. The maximum atomic E-state index is 13.1. The van der Waals surface area contributed by atoms with E-state index in [1.807, 2.05) is 0 Å².